The molecule has 4 aliphatic rings. The van der Waals surface area contributed by atoms with E-state index in [2.05, 4.69) is 26.8 Å². The predicted molar refractivity (Wildman–Crippen MR) is 122 cm³/mol. The summed E-state index contributed by atoms with van der Waals surface area (Å²) in [7, 11) is -4.67. The molecule has 0 heterocycles. The van der Waals surface area contributed by atoms with E-state index < -0.39 is 16.0 Å². The average molecular weight is 473 g/mol. The Kier molecular flexibility index (Phi) is 7.34. The lowest BCUT2D eigenvalue weighted by molar-refractivity contribution is -0.174. The number of ketones is 1. The van der Waals surface area contributed by atoms with Crippen LogP contribution in [0.2, 0.25) is 0 Å². The van der Waals surface area contributed by atoms with Gasteiger partial charge in [-0.05, 0) is 87.9 Å². The van der Waals surface area contributed by atoms with E-state index in [9.17, 15) is 9.90 Å². The lowest BCUT2D eigenvalue weighted by Gasteiger charge is -2.59. The van der Waals surface area contributed by atoms with Crippen LogP contribution < -0.4 is 0 Å². The number of carbonyl (C=O) groups is 1. The molecule has 0 radical (unpaired) electrons. The second-order valence-corrected chi connectivity index (χ2v) is 11.7. The van der Waals surface area contributed by atoms with Gasteiger partial charge < -0.3 is 9.84 Å². The van der Waals surface area contributed by atoms with Gasteiger partial charge in [-0.2, -0.15) is 8.42 Å². The fraction of sp³-hybridized carbons (Fsp3) is 0.875. The van der Waals surface area contributed by atoms with Crippen LogP contribution in [-0.2, 0) is 19.9 Å². The molecule has 3 saturated carbocycles. The summed E-state index contributed by atoms with van der Waals surface area (Å²) in [5, 5.41) is 10.2. The first-order valence-electron chi connectivity index (χ1n) is 12.0. The first-order valence-corrected chi connectivity index (χ1v) is 13.4. The molecule has 0 saturated heterocycles. The van der Waals surface area contributed by atoms with Crippen molar-refractivity contribution in [3.8, 4) is 0 Å². The average Bonchev–Trinajstić information content (AvgIpc) is 2.99. The molecule has 3 fully saturated rings. The molecule has 0 bridgehead atoms. The molecular formula is C24H40O7S. The number of carbonyl (C=O) groups excluding carboxylic acids is 1. The zero-order valence-corrected chi connectivity index (χ0v) is 20.7. The van der Waals surface area contributed by atoms with Crippen LogP contribution in [0.3, 0.4) is 0 Å². The second kappa shape index (κ2) is 9.10. The van der Waals surface area contributed by atoms with Crippen LogP contribution in [0, 0.1) is 28.6 Å². The maximum Gasteiger partial charge on any atom is 0.394 e. The van der Waals surface area contributed by atoms with E-state index in [0.29, 0.717) is 24.4 Å². The van der Waals surface area contributed by atoms with Crippen LogP contribution in [0.4, 0.5) is 0 Å². The number of allylic oxidation sites excluding steroid dienone is 1. The van der Waals surface area contributed by atoms with Crippen LogP contribution in [0.5, 0.6) is 0 Å². The van der Waals surface area contributed by atoms with Crippen molar-refractivity contribution in [2.45, 2.75) is 97.2 Å². The molecule has 184 valence electrons. The molecule has 4 aliphatic carbocycles. The molecule has 32 heavy (non-hydrogen) atoms. The maximum absolute atomic E-state index is 12.9. The van der Waals surface area contributed by atoms with E-state index in [0.717, 1.165) is 51.4 Å². The number of hydrogen-bond donors (Lipinski definition) is 3. The minimum absolute atomic E-state index is 0.0228. The molecule has 4 rings (SSSR count). The van der Waals surface area contributed by atoms with E-state index in [-0.39, 0.29) is 22.7 Å². The van der Waals surface area contributed by atoms with Gasteiger partial charge in [0, 0.05) is 12.0 Å². The molecule has 0 aromatic rings. The molecule has 0 aromatic heterocycles. The summed E-state index contributed by atoms with van der Waals surface area (Å²) in [5.41, 5.74) is 1.19. The van der Waals surface area contributed by atoms with Crippen molar-refractivity contribution < 1.29 is 32.2 Å². The lowest BCUT2D eigenvalue weighted by Crippen LogP contribution is -2.58. The topological polar surface area (TPSA) is 121 Å². The minimum Gasteiger partial charge on any atom is -0.393 e. The lowest BCUT2D eigenvalue weighted by atomic mass is 9.46. The van der Waals surface area contributed by atoms with E-state index >= 15 is 0 Å². The first kappa shape index (κ1) is 25.8. The summed E-state index contributed by atoms with van der Waals surface area (Å²) in [6, 6.07) is 0. The van der Waals surface area contributed by atoms with Crippen molar-refractivity contribution in [3.05, 3.63) is 11.6 Å². The zero-order valence-electron chi connectivity index (χ0n) is 19.8. The van der Waals surface area contributed by atoms with Crippen molar-refractivity contribution in [1.82, 2.24) is 0 Å². The highest BCUT2D eigenvalue weighted by molar-refractivity contribution is 7.79. The Morgan fingerprint density at radius 3 is 2.34 bits per heavy atom. The quantitative estimate of drug-likeness (QED) is 0.409. The minimum atomic E-state index is -4.67. The molecule has 3 N–H and O–H groups in total. The van der Waals surface area contributed by atoms with Gasteiger partial charge in [0.25, 0.3) is 0 Å². The van der Waals surface area contributed by atoms with Crippen molar-refractivity contribution in [1.29, 1.82) is 0 Å². The zero-order chi connectivity index (χ0) is 23.9. The van der Waals surface area contributed by atoms with Crippen LogP contribution in [0.1, 0.15) is 85.5 Å². The van der Waals surface area contributed by atoms with Gasteiger partial charge in [-0.25, -0.2) is 0 Å². The van der Waals surface area contributed by atoms with E-state index in [1.807, 2.05) is 0 Å². The van der Waals surface area contributed by atoms with Crippen molar-refractivity contribution >= 4 is 16.2 Å². The third-order valence-electron chi connectivity index (χ3n) is 9.32. The van der Waals surface area contributed by atoms with Crippen molar-refractivity contribution in [3.63, 3.8) is 0 Å². The van der Waals surface area contributed by atoms with Crippen LogP contribution in [-0.4, -0.2) is 46.7 Å². The van der Waals surface area contributed by atoms with E-state index in [1.165, 1.54) is 12.0 Å². The smallest absolute Gasteiger partial charge is 0.393 e. The van der Waals surface area contributed by atoms with E-state index in [4.69, 9.17) is 22.3 Å². The number of aliphatic hydroxyl groups is 1. The van der Waals surface area contributed by atoms with E-state index in [1.54, 1.807) is 6.92 Å². The standard InChI is InChI=1S/C24H38O3.H2O4S/c1-5-14-27-24(16(2)25)13-10-21-19-7-6-17-15-18(26)8-11-22(17,3)20(19)9-12-23(21,24)4;1-5(2,3)4/h6,18-21,26H,5,7-15H2,1-4H3;(H2,1,2,3,4). The fourth-order valence-electron chi connectivity index (χ4n) is 7.83. The Bertz CT molecular complexity index is 844. The van der Waals surface area contributed by atoms with Gasteiger partial charge in [0.15, 0.2) is 5.78 Å². The first-order chi connectivity index (χ1) is 14.8. The number of aliphatic hydroxyl groups excluding tert-OH is 1. The largest absolute Gasteiger partial charge is 0.394 e. The van der Waals surface area contributed by atoms with Gasteiger partial charge >= 0.3 is 10.4 Å². The fourth-order valence-corrected chi connectivity index (χ4v) is 7.83. The molecule has 7 atom stereocenters. The summed E-state index contributed by atoms with van der Waals surface area (Å²) < 4.78 is 38.0. The van der Waals surface area contributed by atoms with Crippen molar-refractivity contribution in [2.24, 2.45) is 28.6 Å². The summed E-state index contributed by atoms with van der Waals surface area (Å²) in [6.45, 7) is 9.41. The molecule has 0 aliphatic heterocycles. The summed E-state index contributed by atoms with van der Waals surface area (Å²) >= 11 is 0. The Morgan fingerprint density at radius 2 is 1.75 bits per heavy atom. The Balaban J connectivity index is 0.000000523. The number of Topliss-reactive ketones (excluding diaryl/α,β-unsaturated/α-hetero) is 1. The Morgan fingerprint density at radius 1 is 1.12 bits per heavy atom. The summed E-state index contributed by atoms with van der Waals surface area (Å²) in [6.07, 6.45) is 11.7. The van der Waals surface area contributed by atoms with Gasteiger partial charge in [-0.1, -0.05) is 32.4 Å². The van der Waals surface area contributed by atoms with Gasteiger partial charge in [-0.15, -0.1) is 0 Å². The second-order valence-electron chi connectivity index (χ2n) is 10.8. The molecular weight excluding hydrogens is 432 g/mol. The number of rotatable bonds is 4. The number of hydrogen-bond acceptors (Lipinski definition) is 5. The van der Waals surface area contributed by atoms with Crippen LogP contribution >= 0.6 is 0 Å². The van der Waals surface area contributed by atoms with Crippen molar-refractivity contribution in [2.75, 3.05) is 6.61 Å². The third-order valence-corrected chi connectivity index (χ3v) is 9.32. The Labute approximate surface area is 192 Å². The normalized spacial score (nSPS) is 43.2. The predicted octanol–water partition coefficient (Wildman–Crippen LogP) is 4.41. The SMILES string of the molecule is CCCOC1(C(C)=O)CCC2C3CC=C4CC(O)CCC4(C)C3CCC21C.O=S(=O)(O)O. The number of ether oxygens (including phenoxy) is 1. The summed E-state index contributed by atoms with van der Waals surface area (Å²) in [5.74, 6) is 2.20. The highest BCUT2D eigenvalue weighted by Crippen LogP contribution is 2.68. The molecule has 8 heteroatoms. The van der Waals surface area contributed by atoms with Gasteiger partial charge in [0.1, 0.15) is 5.60 Å². The molecule has 0 aromatic carbocycles. The number of fused-ring (bicyclic) bond motifs is 5. The van der Waals surface area contributed by atoms with Gasteiger partial charge in [0.2, 0.25) is 0 Å². The third kappa shape index (κ3) is 4.45. The maximum atomic E-state index is 12.9. The highest BCUT2D eigenvalue weighted by Gasteiger charge is 2.66. The molecule has 7 nitrogen and oxygen atoms in total. The Hall–Kier alpha value is -0.800. The molecule has 7 unspecified atom stereocenters. The summed E-state index contributed by atoms with van der Waals surface area (Å²) in [4.78, 5) is 12.9. The van der Waals surface area contributed by atoms with Crippen LogP contribution in [0.15, 0.2) is 11.6 Å². The van der Waals surface area contributed by atoms with Gasteiger partial charge in [-0.3, -0.25) is 13.9 Å². The molecule has 0 amide bonds. The highest BCUT2D eigenvalue weighted by atomic mass is 32.3. The van der Waals surface area contributed by atoms with Crippen LogP contribution in [0.25, 0.3) is 0 Å². The monoisotopic (exact) mass is 472 g/mol. The molecule has 0 spiro atoms. The van der Waals surface area contributed by atoms with Gasteiger partial charge in [0.05, 0.1) is 6.10 Å².